The van der Waals surface area contributed by atoms with Crippen LogP contribution in [0.25, 0.3) is 0 Å². The Bertz CT molecular complexity index is 665. The number of benzene rings is 1. The molecule has 124 valence electrons. The third-order valence-corrected chi connectivity index (χ3v) is 4.22. The highest BCUT2D eigenvalue weighted by molar-refractivity contribution is 9.10. The van der Waals surface area contributed by atoms with E-state index >= 15 is 0 Å². The van der Waals surface area contributed by atoms with E-state index in [1.807, 2.05) is 57.7 Å². The van der Waals surface area contributed by atoms with Crippen LogP contribution in [0, 0.1) is 0 Å². The SMILES string of the molecule is COc1ccc(C(CNC(=O)c2cc(Br)cn2C)N(C)C)cc1. The largest absolute Gasteiger partial charge is 0.497 e. The Balaban J connectivity index is 2.07. The maximum absolute atomic E-state index is 12.3. The summed E-state index contributed by atoms with van der Waals surface area (Å²) in [6.07, 6.45) is 1.86. The molecule has 0 radical (unpaired) electrons. The van der Waals surface area contributed by atoms with Gasteiger partial charge in [-0.2, -0.15) is 0 Å². The molecule has 0 saturated carbocycles. The van der Waals surface area contributed by atoms with E-state index < -0.39 is 0 Å². The maximum atomic E-state index is 12.3. The lowest BCUT2D eigenvalue weighted by Gasteiger charge is -2.25. The Morgan fingerprint density at radius 3 is 2.48 bits per heavy atom. The standard InChI is InChI=1S/C17H22BrN3O2/c1-20(2)16(12-5-7-14(23-4)8-6-12)10-19-17(22)15-9-13(18)11-21(15)3/h5-9,11,16H,10H2,1-4H3,(H,19,22). The fourth-order valence-electron chi connectivity index (χ4n) is 2.45. The molecule has 0 fully saturated rings. The van der Waals surface area contributed by atoms with Crippen molar-refractivity contribution in [1.29, 1.82) is 0 Å². The molecule has 6 heteroatoms. The summed E-state index contributed by atoms with van der Waals surface area (Å²) in [5, 5.41) is 3.01. The number of rotatable bonds is 6. The molecule has 5 nitrogen and oxygen atoms in total. The zero-order valence-electron chi connectivity index (χ0n) is 13.8. The number of methoxy groups -OCH3 is 1. The number of likely N-dealkylation sites (N-methyl/N-ethyl adjacent to an activating group) is 1. The van der Waals surface area contributed by atoms with Crippen molar-refractivity contribution < 1.29 is 9.53 Å². The molecular formula is C17H22BrN3O2. The van der Waals surface area contributed by atoms with E-state index in [0.717, 1.165) is 15.8 Å². The Morgan fingerprint density at radius 2 is 2.00 bits per heavy atom. The van der Waals surface area contributed by atoms with Crippen molar-refractivity contribution in [2.45, 2.75) is 6.04 Å². The molecule has 0 aliphatic heterocycles. The predicted molar refractivity (Wildman–Crippen MR) is 94.9 cm³/mol. The van der Waals surface area contributed by atoms with Crippen molar-refractivity contribution in [3.8, 4) is 5.75 Å². The normalized spacial score (nSPS) is 12.3. The second-order valence-corrected chi connectivity index (χ2v) is 6.53. The monoisotopic (exact) mass is 379 g/mol. The number of carbonyl (C=O) groups excluding carboxylic acids is 1. The molecule has 1 amide bonds. The number of nitrogens with one attached hydrogen (secondary N) is 1. The molecule has 1 atom stereocenters. The number of nitrogens with zero attached hydrogens (tertiary/aromatic N) is 2. The first-order valence-corrected chi connectivity index (χ1v) is 8.12. The lowest BCUT2D eigenvalue weighted by Crippen LogP contribution is -2.35. The minimum atomic E-state index is -0.0847. The molecule has 0 aliphatic carbocycles. The molecular weight excluding hydrogens is 358 g/mol. The van der Waals surface area contributed by atoms with E-state index in [9.17, 15) is 4.79 Å². The number of hydrogen-bond donors (Lipinski definition) is 1. The first-order chi connectivity index (χ1) is 10.9. The van der Waals surface area contributed by atoms with Gasteiger partial charge in [0.2, 0.25) is 0 Å². The second-order valence-electron chi connectivity index (χ2n) is 5.62. The quantitative estimate of drug-likeness (QED) is 0.839. The van der Waals surface area contributed by atoms with E-state index in [4.69, 9.17) is 4.74 Å². The number of ether oxygens (including phenoxy) is 1. The first kappa shape index (κ1) is 17.6. The van der Waals surface area contributed by atoms with Crippen LogP contribution in [0.5, 0.6) is 5.75 Å². The van der Waals surface area contributed by atoms with Crippen LogP contribution < -0.4 is 10.1 Å². The fourth-order valence-corrected chi connectivity index (χ4v) is 2.98. The van der Waals surface area contributed by atoms with E-state index in [2.05, 4.69) is 26.1 Å². The van der Waals surface area contributed by atoms with Gasteiger partial charge in [-0.25, -0.2) is 0 Å². The van der Waals surface area contributed by atoms with Gasteiger partial charge in [-0.1, -0.05) is 12.1 Å². The van der Waals surface area contributed by atoms with Crippen LogP contribution in [0.3, 0.4) is 0 Å². The van der Waals surface area contributed by atoms with Gasteiger partial charge in [0.15, 0.2) is 0 Å². The van der Waals surface area contributed by atoms with Crippen LogP contribution in [0.2, 0.25) is 0 Å². The lowest BCUT2D eigenvalue weighted by atomic mass is 10.1. The number of halogens is 1. The summed E-state index contributed by atoms with van der Waals surface area (Å²) in [6.45, 7) is 0.529. The summed E-state index contributed by atoms with van der Waals surface area (Å²) in [6, 6.07) is 9.81. The fraction of sp³-hybridized carbons (Fsp3) is 0.353. The number of aryl methyl sites for hydroxylation is 1. The zero-order valence-corrected chi connectivity index (χ0v) is 15.4. The van der Waals surface area contributed by atoms with Gasteiger partial charge < -0.3 is 19.5 Å². The van der Waals surface area contributed by atoms with Crippen molar-refractivity contribution in [3.05, 3.63) is 52.3 Å². The van der Waals surface area contributed by atoms with E-state index in [1.165, 1.54) is 0 Å². The smallest absolute Gasteiger partial charge is 0.268 e. The van der Waals surface area contributed by atoms with Crippen molar-refractivity contribution in [2.75, 3.05) is 27.7 Å². The van der Waals surface area contributed by atoms with Gasteiger partial charge in [0.05, 0.1) is 13.2 Å². The van der Waals surface area contributed by atoms with E-state index in [-0.39, 0.29) is 11.9 Å². The highest BCUT2D eigenvalue weighted by Crippen LogP contribution is 2.21. The van der Waals surface area contributed by atoms with Gasteiger partial charge in [-0.3, -0.25) is 4.79 Å². The van der Waals surface area contributed by atoms with Gasteiger partial charge in [0.1, 0.15) is 11.4 Å². The van der Waals surface area contributed by atoms with Crippen LogP contribution in [-0.2, 0) is 7.05 Å². The molecule has 1 heterocycles. The Hall–Kier alpha value is -1.79. The molecule has 0 bridgehead atoms. The van der Waals surface area contributed by atoms with Gasteiger partial charge in [0, 0.05) is 24.3 Å². The summed E-state index contributed by atoms with van der Waals surface area (Å²) in [5.41, 5.74) is 1.76. The van der Waals surface area contributed by atoms with E-state index in [1.54, 1.807) is 11.7 Å². The molecule has 2 rings (SSSR count). The molecule has 1 aromatic heterocycles. The number of hydrogen-bond acceptors (Lipinski definition) is 3. The Morgan fingerprint density at radius 1 is 1.35 bits per heavy atom. The molecule has 0 aliphatic rings. The molecule has 23 heavy (non-hydrogen) atoms. The molecule has 0 spiro atoms. The summed E-state index contributed by atoms with van der Waals surface area (Å²) in [7, 11) is 7.50. The summed E-state index contributed by atoms with van der Waals surface area (Å²) < 4.78 is 7.89. The van der Waals surface area contributed by atoms with Crippen LogP contribution >= 0.6 is 15.9 Å². The lowest BCUT2D eigenvalue weighted by molar-refractivity contribution is 0.0934. The van der Waals surface area contributed by atoms with Crippen LogP contribution in [0.1, 0.15) is 22.1 Å². The molecule has 1 aromatic carbocycles. The molecule has 1 N–H and O–H groups in total. The first-order valence-electron chi connectivity index (χ1n) is 7.32. The van der Waals surface area contributed by atoms with Crippen molar-refractivity contribution in [2.24, 2.45) is 7.05 Å². The highest BCUT2D eigenvalue weighted by atomic mass is 79.9. The zero-order chi connectivity index (χ0) is 17.0. The van der Waals surface area contributed by atoms with Crippen LogP contribution in [0.4, 0.5) is 0 Å². The average Bonchev–Trinajstić information content (AvgIpc) is 2.86. The third kappa shape index (κ3) is 4.36. The number of carbonyl (C=O) groups is 1. The second kappa shape index (κ2) is 7.66. The Kier molecular flexibility index (Phi) is 5.85. The minimum absolute atomic E-state index is 0.0847. The van der Waals surface area contributed by atoms with Gasteiger partial charge in [-0.15, -0.1) is 0 Å². The summed E-state index contributed by atoms with van der Waals surface area (Å²) >= 11 is 3.38. The predicted octanol–water partition coefficient (Wildman–Crippen LogP) is 2.83. The molecule has 0 saturated heterocycles. The topological polar surface area (TPSA) is 46.5 Å². The van der Waals surface area contributed by atoms with E-state index in [0.29, 0.717) is 12.2 Å². The van der Waals surface area contributed by atoms with Crippen LogP contribution in [-0.4, -0.2) is 43.1 Å². The summed E-state index contributed by atoms with van der Waals surface area (Å²) in [4.78, 5) is 14.4. The minimum Gasteiger partial charge on any atom is -0.497 e. The van der Waals surface area contributed by atoms with Gasteiger partial charge in [-0.05, 0) is 53.8 Å². The number of amides is 1. The summed E-state index contributed by atoms with van der Waals surface area (Å²) in [5.74, 6) is 0.738. The Labute approximate surface area is 145 Å². The molecule has 1 unspecified atom stereocenters. The van der Waals surface area contributed by atoms with Crippen LogP contribution in [0.15, 0.2) is 41.0 Å². The van der Waals surface area contributed by atoms with Crippen molar-refractivity contribution >= 4 is 21.8 Å². The van der Waals surface area contributed by atoms with Gasteiger partial charge in [0.25, 0.3) is 5.91 Å². The van der Waals surface area contributed by atoms with Gasteiger partial charge >= 0.3 is 0 Å². The van der Waals surface area contributed by atoms with Crippen molar-refractivity contribution in [3.63, 3.8) is 0 Å². The average molecular weight is 380 g/mol. The highest BCUT2D eigenvalue weighted by Gasteiger charge is 2.17. The number of aromatic nitrogens is 1. The maximum Gasteiger partial charge on any atom is 0.268 e. The molecule has 2 aromatic rings. The third-order valence-electron chi connectivity index (χ3n) is 3.78. The van der Waals surface area contributed by atoms with Crippen molar-refractivity contribution in [1.82, 2.24) is 14.8 Å².